The molecule has 3 heteroatoms. The molecule has 0 nitrogen and oxygen atoms in total. The standard InChI is InChI=1S/C5H7ClF2/c6-2-1-4-3-5(4,7)8/h4H,1-3H2. The molecule has 8 heavy (non-hydrogen) atoms. The monoisotopic (exact) mass is 140 g/mol. The minimum absolute atomic E-state index is 0.0553. The zero-order valence-corrected chi connectivity index (χ0v) is 5.09. The predicted molar refractivity (Wildman–Crippen MR) is 28.4 cm³/mol. The van der Waals surface area contributed by atoms with E-state index in [2.05, 4.69) is 0 Å². The Bertz CT molecular complexity index is 92.4. The van der Waals surface area contributed by atoms with Crippen LogP contribution in [0.1, 0.15) is 12.8 Å². The van der Waals surface area contributed by atoms with E-state index in [1.165, 1.54) is 0 Å². The molecule has 0 saturated heterocycles. The second-order valence-electron chi connectivity index (χ2n) is 2.14. The highest BCUT2D eigenvalue weighted by Gasteiger charge is 2.55. The zero-order chi connectivity index (χ0) is 6.20. The van der Waals surface area contributed by atoms with Crippen LogP contribution < -0.4 is 0 Å². The average molecular weight is 141 g/mol. The van der Waals surface area contributed by atoms with Gasteiger partial charge in [0.2, 0.25) is 0 Å². The van der Waals surface area contributed by atoms with Crippen LogP contribution in [0.2, 0.25) is 0 Å². The minimum atomic E-state index is -2.37. The second kappa shape index (κ2) is 1.83. The van der Waals surface area contributed by atoms with E-state index >= 15 is 0 Å². The Labute approximate surface area is 51.8 Å². The molecule has 0 aliphatic heterocycles. The van der Waals surface area contributed by atoms with E-state index in [9.17, 15) is 8.78 Å². The Morgan fingerprint density at radius 3 is 2.25 bits per heavy atom. The molecule has 1 rings (SSSR count). The van der Waals surface area contributed by atoms with Crippen LogP contribution in [0.15, 0.2) is 0 Å². The lowest BCUT2D eigenvalue weighted by molar-refractivity contribution is 0.0983. The zero-order valence-electron chi connectivity index (χ0n) is 4.33. The van der Waals surface area contributed by atoms with Crippen molar-refractivity contribution in [3.05, 3.63) is 0 Å². The van der Waals surface area contributed by atoms with Gasteiger partial charge in [-0.05, 0) is 6.42 Å². The summed E-state index contributed by atoms with van der Waals surface area (Å²) in [4.78, 5) is 0. The Hall–Kier alpha value is 0.150. The fraction of sp³-hybridized carbons (Fsp3) is 1.00. The first-order valence-electron chi connectivity index (χ1n) is 2.60. The average Bonchev–Trinajstić information content (AvgIpc) is 2.15. The van der Waals surface area contributed by atoms with E-state index in [1.54, 1.807) is 0 Å². The van der Waals surface area contributed by atoms with Gasteiger partial charge in [0.15, 0.2) is 0 Å². The minimum Gasteiger partial charge on any atom is -0.207 e. The molecule has 0 radical (unpaired) electrons. The van der Waals surface area contributed by atoms with Gasteiger partial charge >= 0.3 is 0 Å². The smallest absolute Gasteiger partial charge is 0.207 e. The summed E-state index contributed by atoms with van der Waals surface area (Å²) in [7, 11) is 0. The first kappa shape index (κ1) is 6.27. The number of rotatable bonds is 2. The third-order valence-electron chi connectivity index (χ3n) is 1.41. The van der Waals surface area contributed by atoms with Gasteiger partial charge in [-0.25, -0.2) is 8.78 Å². The lowest BCUT2D eigenvalue weighted by Gasteiger charge is -1.90. The highest BCUT2D eigenvalue weighted by Crippen LogP contribution is 2.50. The van der Waals surface area contributed by atoms with Crippen LogP contribution >= 0.6 is 11.6 Å². The fourth-order valence-electron chi connectivity index (χ4n) is 0.715. The molecule has 1 unspecified atom stereocenters. The van der Waals surface area contributed by atoms with Crippen LogP contribution in [0.25, 0.3) is 0 Å². The summed E-state index contributed by atoms with van der Waals surface area (Å²) >= 11 is 5.23. The van der Waals surface area contributed by atoms with Crippen molar-refractivity contribution >= 4 is 11.6 Å². The molecule has 0 heterocycles. The normalized spacial score (nSPS) is 32.6. The maximum absolute atomic E-state index is 11.9. The van der Waals surface area contributed by atoms with Gasteiger partial charge in [0.25, 0.3) is 5.92 Å². The summed E-state index contributed by atoms with van der Waals surface area (Å²) in [5.74, 6) is -2.41. The third-order valence-corrected chi connectivity index (χ3v) is 1.63. The molecule has 48 valence electrons. The second-order valence-corrected chi connectivity index (χ2v) is 2.52. The summed E-state index contributed by atoms with van der Waals surface area (Å²) < 4.78 is 23.8. The van der Waals surface area contributed by atoms with Gasteiger partial charge in [-0.15, -0.1) is 11.6 Å². The van der Waals surface area contributed by atoms with Gasteiger partial charge in [-0.1, -0.05) is 0 Å². The van der Waals surface area contributed by atoms with Crippen molar-refractivity contribution in [2.75, 3.05) is 5.88 Å². The number of halogens is 3. The summed E-state index contributed by atoms with van der Waals surface area (Å²) in [6, 6.07) is 0. The molecule has 1 saturated carbocycles. The van der Waals surface area contributed by atoms with Crippen molar-refractivity contribution in [3.63, 3.8) is 0 Å². The van der Waals surface area contributed by atoms with Gasteiger partial charge in [0.05, 0.1) is 0 Å². The van der Waals surface area contributed by atoms with Crippen molar-refractivity contribution in [3.8, 4) is 0 Å². The van der Waals surface area contributed by atoms with Crippen LogP contribution in [-0.2, 0) is 0 Å². The largest absolute Gasteiger partial charge is 0.251 e. The topological polar surface area (TPSA) is 0 Å². The molecule has 0 amide bonds. The number of hydrogen-bond donors (Lipinski definition) is 0. The summed E-state index contributed by atoms with van der Waals surface area (Å²) in [6.45, 7) is 0. The van der Waals surface area contributed by atoms with E-state index in [0.717, 1.165) is 0 Å². The van der Waals surface area contributed by atoms with Crippen LogP contribution in [0.5, 0.6) is 0 Å². The lowest BCUT2D eigenvalue weighted by Crippen LogP contribution is -1.93. The summed E-state index contributed by atoms with van der Waals surface area (Å²) in [5.41, 5.74) is 0. The van der Waals surface area contributed by atoms with E-state index in [0.29, 0.717) is 12.3 Å². The van der Waals surface area contributed by atoms with E-state index in [-0.39, 0.29) is 6.42 Å². The van der Waals surface area contributed by atoms with Crippen molar-refractivity contribution in [1.82, 2.24) is 0 Å². The van der Waals surface area contributed by atoms with Crippen molar-refractivity contribution in [2.24, 2.45) is 5.92 Å². The molecule has 1 atom stereocenters. The van der Waals surface area contributed by atoms with Crippen LogP contribution in [-0.4, -0.2) is 11.8 Å². The Morgan fingerprint density at radius 2 is 2.12 bits per heavy atom. The highest BCUT2D eigenvalue weighted by atomic mass is 35.5. The molecule has 1 aliphatic carbocycles. The Balaban J connectivity index is 2.17. The van der Waals surface area contributed by atoms with Gasteiger partial charge in [-0.2, -0.15) is 0 Å². The number of alkyl halides is 3. The third kappa shape index (κ3) is 1.10. The van der Waals surface area contributed by atoms with Gasteiger partial charge < -0.3 is 0 Å². The van der Waals surface area contributed by atoms with Gasteiger partial charge in [0.1, 0.15) is 0 Å². The maximum atomic E-state index is 11.9. The highest BCUT2D eigenvalue weighted by molar-refractivity contribution is 6.17. The molecular formula is C5H7ClF2. The molecule has 0 N–H and O–H groups in total. The van der Waals surface area contributed by atoms with E-state index in [4.69, 9.17) is 11.6 Å². The van der Waals surface area contributed by atoms with E-state index < -0.39 is 11.8 Å². The molecule has 1 fully saturated rings. The predicted octanol–water partition coefficient (Wildman–Crippen LogP) is 2.27. The van der Waals surface area contributed by atoms with E-state index in [1.807, 2.05) is 0 Å². The molecule has 0 aromatic rings. The van der Waals surface area contributed by atoms with Crippen LogP contribution in [0.3, 0.4) is 0 Å². The summed E-state index contributed by atoms with van der Waals surface area (Å²) in [5, 5.41) is 0. The van der Waals surface area contributed by atoms with Gasteiger partial charge in [-0.3, -0.25) is 0 Å². The van der Waals surface area contributed by atoms with Crippen molar-refractivity contribution in [2.45, 2.75) is 18.8 Å². The Morgan fingerprint density at radius 1 is 1.62 bits per heavy atom. The fourth-order valence-corrected chi connectivity index (χ4v) is 0.978. The first-order valence-corrected chi connectivity index (χ1v) is 3.14. The van der Waals surface area contributed by atoms with Crippen LogP contribution in [0.4, 0.5) is 8.78 Å². The molecule has 0 aromatic heterocycles. The summed E-state index contributed by atoms with van der Waals surface area (Å²) in [6.07, 6.45) is 0.522. The molecule has 0 bridgehead atoms. The maximum Gasteiger partial charge on any atom is 0.251 e. The van der Waals surface area contributed by atoms with Crippen molar-refractivity contribution < 1.29 is 8.78 Å². The Kier molecular flexibility index (Phi) is 1.44. The number of hydrogen-bond acceptors (Lipinski definition) is 0. The molecule has 0 spiro atoms. The SMILES string of the molecule is FC1(F)CC1CCCl. The molecule has 1 aliphatic rings. The van der Waals surface area contributed by atoms with Crippen molar-refractivity contribution in [1.29, 1.82) is 0 Å². The molecular weight excluding hydrogens is 134 g/mol. The molecule has 0 aromatic carbocycles. The first-order chi connectivity index (χ1) is 3.67. The lowest BCUT2D eigenvalue weighted by atomic mass is 10.3. The van der Waals surface area contributed by atoms with Gasteiger partial charge in [0, 0.05) is 18.2 Å². The van der Waals surface area contributed by atoms with Crippen LogP contribution in [0, 0.1) is 5.92 Å². The quantitative estimate of drug-likeness (QED) is 0.517.